The second kappa shape index (κ2) is 22.2. The summed E-state index contributed by atoms with van der Waals surface area (Å²) in [6.45, 7) is -1.36. The van der Waals surface area contributed by atoms with Gasteiger partial charge in [0.1, 0.15) is 29.9 Å². The quantitative estimate of drug-likeness (QED) is 0.0888. The van der Waals surface area contributed by atoms with Gasteiger partial charge in [-0.15, -0.1) is 0 Å². The van der Waals surface area contributed by atoms with Crippen molar-refractivity contribution in [3.63, 3.8) is 0 Å². The first-order chi connectivity index (χ1) is 27.8. The lowest BCUT2D eigenvalue weighted by atomic mass is 9.97. The van der Waals surface area contributed by atoms with E-state index in [2.05, 4.69) is 52.8 Å². The molecule has 1 saturated carbocycles. The predicted molar refractivity (Wildman–Crippen MR) is 212 cm³/mol. The number of nitrogens with one attached hydrogen (secondary N) is 9. The predicted octanol–water partition coefficient (Wildman–Crippen LogP) is -4.42. The number of anilines is 1. The zero-order chi connectivity index (χ0) is 42.2. The molecule has 0 spiro atoms. The van der Waals surface area contributed by atoms with E-state index in [9.17, 15) is 38.7 Å². The number of aliphatic hydroxyl groups is 1. The first-order valence-electron chi connectivity index (χ1n) is 19.3. The molecule has 3 aliphatic rings. The van der Waals surface area contributed by atoms with E-state index >= 15 is 0 Å². The van der Waals surface area contributed by atoms with Crippen molar-refractivity contribution in [3.05, 3.63) is 41.7 Å². The number of amides is 8. The maximum absolute atomic E-state index is 14.0. The summed E-state index contributed by atoms with van der Waals surface area (Å²) in [7, 11) is 0. The summed E-state index contributed by atoms with van der Waals surface area (Å²) in [6.07, 6.45) is 6.33. The molecule has 4 rings (SSSR count). The number of urea groups is 1. The Morgan fingerprint density at radius 3 is 2.41 bits per heavy atom. The van der Waals surface area contributed by atoms with E-state index in [1.807, 2.05) is 18.2 Å². The SMILES string of the molecule is NCCC[C@H](N)CC(=O)NC[C@@H]1NC(=O)[C@H](CO)NC(=O)C(N)CNC(=O)[C@H](C2CCN=C(N)N2)NC(=O)/C(=C/NC(=O)Nc2cccc(C3CCCC3)c2)NC1=O. The van der Waals surface area contributed by atoms with Crippen LogP contribution in [0.15, 0.2) is 41.2 Å². The fourth-order valence-corrected chi connectivity index (χ4v) is 6.64. The lowest BCUT2D eigenvalue weighted by Gasteiger charge is -2.31. The van der Waals surface area contributed by atoms with Crippen molar-refractivity contribution < 1.29 is 38.7 Å². The summed E-state index contributed by atoms with van der Waals surface area (Å²) in [5, 5.41) is 32.5. The second-order valence-electron chi connectivity index (χ2n) is 14.4. The average molecular weight is 813 g/mol. The van der Waals surface area contributed by atoms with Crippen LogP contribution in [0.5, 0.6) is 0 Å². The Hall–Kier alpha value is -5.84. The summed E-state index contributed by atoms with van der Waals surface area (Å²) in [5.74, 6) is -5.14. The second-order valence-corrected chi connectivity index (χ2v) is 14.4. The van der Waals surface area contributed by atoms with Gasteiger partial charge in [-0.1, -0.05) is 25.0 Å². The Bertz CT molecular complexity index is 1720. The summed E-state index contributed by atoms with van der Waals surface area (Å²) in [5.41, 5.74) is 24.4. The first kappa shape index (κ1) is 44.9. The van der Waals surface area contributed by atoms with E-state index in [0.29, 0.717) is 31.0 Å². The number of rotatable bonds is 12. The number of aliphatic hydroxyl groups excluding tert-OH is 1. The van der Waals surface area contributed by atoms with Gasteiger partial charge in [-0.05, 0) is 62.3 Å². The lowest BCUT2D eigenvalue weighted by molar-refractivity contribution is -0.134. The number of benzene rings is 1. The van der Waals surface area contributed by atoms with Crippen LogP contribution in [0.25, 0.3) is 0 Å². The standard InChI is InChI=1S/C36H56N14O8/c37-11-4-8-21(38)14-28(52)42-16-25-31(54)46-26(17-44-36(58)45-22-9-3-7-20(13-22)19-5-1-2-6-19)32(55)50-29(24-10-12-41-35(40)49-24)34(57)43-15-23(39)30(53)48-27(18-51)33(56)47-25/h3,7,9,13,17,19,21,23-25,27,29,51H,1-2,4-6,8,10-12,14-16,18,37-39H2,(H,42,52)(H,43,57)(H,46,54)(H,47,56)(H,48,53)(H,50,55)(H3,40,41,49)(H2,44,45,58)/b26-17-/t21-,23?,24?,25-,27-,29-/m0/s1. The molecule has 18 N–H and O–H groups in total. The molecular weight excluding hydrogens is 756 g/mol. The van der Waals surface area contributed by atoms with Crippen LogP contribution in [0.4, 0.5) is 10.5 Å². The number of guanidine groups is 1. The van der Waals surface area contributed by atoms with Gasteiger partial charge < -0.3 is 75.9 Å². The molecule has 1 aromatic rings. The number of carbonyl (C=O) groups is 7. The smallest absolute Gasteiger partial charge is 0.323 e. The number of nitrogens with two attached hydrogens (primary N) is 4. The normalized spacial score (nSPS) is 25.2. The number of hydrogen-bond acceptors (Lipinski definition) is 14. The van der Waals surface area contributed by atoms with Crippen molar-refractivity contribution in [2.24, 2.45) is 27.9 Å². The van der Waals surface area contributed by atoms with Crippen molar-refractivity contribution in [2.45, 2.75) is 93.5 Å². The average Bonchev–Trinajstić information content (AvgIpc) is 3.75. The largest absolute Gasteiger partial charge is 0.394 e. The van der Waals surface area contributed by atoms with E-state index in [1.165, 1.54) is 0 Å². The van der Waals surface area contributed by atoms with E-state index < -0.39 is 103 Å². The Morgan fingerprint density at radius 1 is 0.966 bits per heavy atom. The van der Waals surface area contributed by atoms with Crippen LogP contribution in [0, 0.1) is 0 Å². The number of nitrogens with zero attached hydrogens (tertiary/aromatic N) is 1. The minimum absolute atomic E-state index is 0.00283. The third-order valence-corrected chi connectivity index (χ3v) is 9.86. The van der Waals surface area contributed by atoms with E-state index in [0.717, 1.165) is 37.4 Å². The third kappa shape index (κ3) is 13.7. The van der Waals surface area contributed by atoms with E-state index in [-0.39, 0.29) is 25.3 Å². The minimum atomic E-state index is -1.64. The van der Waals surface area contributed by atoms with Gasteiger partial charge in [-0.3, -0.25) is 33.8 Å². The molecule has 1 aromatic carbocycles. The Kier molecular flexibility index (Phi) is 17.2. The van der Waals surface area contributed by atoms with Crippen molar-refractivity contribution in [1.82, 2.24) is 42.5 Å². The summed E-state index contributed by atoms with van der Waals surface area (Å²) >= 11 is 0. The van der Waals surface area contributed by atoms with Gasteiger partial charge in [0.05, 0.1) is 12.6 Å². The van der Waals surface area contributed by atoms with Crippen LogP contribution in [0.3, 0.4) is 0 Å². The van der Waals surface area contributed by atoms with Gasteiger partial charge >= 0.3 is 6.03 Å². The fourth-order valence-electron chi connectivity index (χ4n) is 6.64. The van der Waals surface area contributed by atoms with Gasteiger partial charge in [0, 0.05) is 44.0 Å². The van der Waals surface area contributed by atoms with Crippen LogP contribution in [0.2, 0.25) is 0 Å². The minimum Gasteiger partial charge on any atom is -0.394 e. The lowest BCUT2D eigenvalue weighted by Crippen LogP contribution is -2.64. The van der Waals surface area contributed by atoms with Crippen LogP contribution in [-0.4, -0.2) is 122 Å². The van der Waals surface area contributed by atoms with Gasteiger partial charge in [0.2, 0.25) is 29.5 Å². The molecular formula is C36H56N14O8. The summed E-state index contributed by atoms with van der Waals surface area (Å²) < 4.78 is 0. The highest BCUT2D eigenvalue weighted by molar-refractivity contribution is 6.03. The van der Waals surface area contributed by atoms with Gasteiger partial charge in [-0.2, -0.15) is 0 Å². The van der Waals surface area contributed by atoms with Crippen molar-refractivity contribution in [2.75, 3.05) is 38.1 Å². The maximum atomic E-state index is 14.0. The molecule has 318 valence electrons. The Balaban J connectivity index is 1.65. The highest BCUT2D eigenvalue weighted by Crippen LogP contribution is 2.34. The Labute approximate surface area is 335 Å². The van der Waals surface area contributed by atoms with Crippen LogP contribution >= 0.6 is 0 Å². The Morgan fingerprint density at radius 2 is 1.71 bits per heavy atom. The molecule has 1 saturated heterocycles. The van der Waals surface area contributed by atoms with Gasteiger partial charge in [0.15, 0.2) is 5.96 Å². The molecule has 0 radical (unpaired) electrons. The zero-order valence-electron chi connectivity index (χ0n) is 32.2. The molecule has 0 bridgehead atoms. The topological polar surface area (TPSA) is 364 Å². The molecule has 0 aromatic heterocycles. The molecule has 8 amide bonds. The highest BCUT2D eigenvalue weighted by Gasteiger charge is 2.35. The van der Waals surface area contributed by atoms with Crippen LogP contribution < -0.4 is 70.8 Å². The van der Waals surface area contributed by atoms with Crippen molar-refractivity contribution in [3.8, 4) is 0 Å². The molecule has 22 nitrogen and oxygen atoms in total. The highest BCUT2D eigenvalue weighted by atomic mass is 16.3. The van der Waals surface area contributed by atoms with Crippen molar-refractivity contribution >= 4 is 53.1 Å². The van der Waals surface area contributed by atoms with Crippen molar-refractivity contribution in [1.29, 1.82) is 0 Å². The van der Waals surface area contributed by atoms with E-state index in [1.54, 1.807) is 6.07 Å². The van der Waals surface area contributed by atoms with Gasteiger partial charge in [-0.25, -0.2) is 4.79 Å². The summed E-state index contributed by atoms with van der Waals surface area (Å²) in [6, 6.07) is -0.891. The molecule has 58 heavy (non-hydrogen) atoms. The van der Waals surface area contributed by atoms with Crippen LogP contribution in [-0.2, 0) is 28.8 Å². The molecule has 6 atom stereocenters. The van der Waals surface area contributed by atoms with Crippen LogP contribution in [0.1, 0.15) is 62.8 Å². The molecule has 1 aliphatic carbocycles. The monoisotopic (exact) mass is 812 g/mol. The third-order valence-electron chi connectivity index (χ3n) is 9.86. The number of hydrogen-bond donors (Lipinski definition) is 14. The number of aliphatic imine (C=N–C) groups is 1. The number of carbonyl (C=O) groups excluding carboxylic acids is 7. The molecule has 2 aliphatic heterocycles. The molecule has 2 fully saturated rings. The molecule has 2 heterocycles. The van der Waals surface area contributed by atoms with E-state index in [4.69, 9.17) is 22.9 Å². The molecule has 22 heteroatoms. The zero-order valence-corrected chi connectivity index (χ0v) is 32.2. The van der Waals surface area contributed by atoms with Gasteiger partial charge in [0.25, 0.3) is 5.91 Å². The fraction of sp³-hybridized carbons (Fsp3) is 0.556. The summed E-state index contributed by atoms with van der Waals surface area (Å²) in [4.78, 5) is 97.8. The molecule has 2 unspecified atom stereocenters. The maximum Gasteiger partial charge on any atom is 0.323 e. The first-order valence-corrected chi connectivity index (χ1v) is 19.3.